The quantitative estimate of drug-likeness (QED) is 0.838. The van der Waals surface area contributed by atoms with Gasteiger partial charge in [-0.2, -0.15) is 0 Å². The summed E-state index contributed by atoms with van der Waals surface area (Å²) in [6.45, 7) is 1.68. The van der Waals surface area contributed by atoms with Crippen molar-refractivity contribution in [3.63, 3.8) is 0 Å². The maximum absolute atomic E-state index is 12.7. The van der Waals surface area contributed by atoms with E-state index < -0.39 is 17.3 Å². The molecule has 1 saturated carbocycles. The summed E-state index contributed by atoms with van der Waals surface area (Å²) in [5, 5.41) is 12.5. The van der Waals surface area contributed by atoms with E-state index in [1.165, 1.54) is 7.11 Å². The van der Waals surface area contributed by atoms with Crippen LogP contribution in [0.5, 0.6) is 5.75 Å². The van der Waals surface area contributed by atoms with Crippen molar-refractivity contribution in [3.8, 4) is 5.75 Å². The molecule has 0 radical (unpaired) electrons. The highest BCUT2D eigenvalue weighted by Gasteiger charge is 2.60. The summed E-state index contributed by atoms with van der Waals surface area (Å²) < 4.78 is 5.23. The highest BCUT2D eigenvalue weighted by Crippen LogP contribution is 2.56. The largest absolute Gasteiger partial charge is 0.495 e. The van der Waals surface area contributed by atoms with Gasteiger partial charge in [0.1, 0.15) is 5.75 Å². The van der Waals surface area contributed by atoms with Crippen LogP contribution in [0.15, 0.2) is 36.4 Å². The van der Waals surface area contributed by atoms with Gasteiger partial charge >= 0.3 is 5.97 Å². The molecule has 22 heavy (non-hydrogen) atoms. The number of rotatable bonds is 4. The lowest BCUT2D eigenvalue weighted by Crippen LogP contribution is -2.45. The second-order valence-electron chi connectivity index (χ2n) is 6.15. The third-order valence-corrected chi connectivity index (χ3v) is 5.07. The third kappa shape index (κ3) is 2.00. The fraction of sp³-hybridized carbons (Fsp3) is 0.412. The molecule has 2 bridgehead atoms. The topological polar surface area (TPSA) is 75.6 Å². The van der Waals surface area contributed by atoms with Crippen LogP contribution in [0.25, 0.3) is 0 Å². The second kappa shape index (κ2) is 5.16. The Hall–Kier alpha value is -2.30. The number of ether oxygens (including phenoxy) is 1. The minimum atomic E-state index is -1.05. The van der Waals surface area contributed by atoms with Gasteiger partial charge in [0.15, 0.2) is 0 Å². The first-order chi connectivity index (χ1) is 10.5. The Balaban J connectivity index is 1.89. The van der Waals surface area contributed by atoms with Gasteiger partial charge in [0.05, 0.1) is 24.1 Å². The number of carbonyl (C=O) groups is 2. The number of hydrogen-bond donors (Lipinski definition) is 2. The van der Waals surface area contributed by atoms with Crippen molar-refractivity contribution in [2.24, 2.45) is 23.2 Å². The molecule has 0 unspecified atom stereocenters. The van der Waals surface area contributed by atoms with Crippen molar-refractivity contribution in [2.45, 2.75) is 13.3 Å². The Labute approximate surface area is 129 Å². The highest BCUT2D eigenvalue weighted by atomic mass is 16.5. The van der Waals surface area contributed by atoms with E-state index in [2.05, 4.69) is 5.32 Å². The van der Waals surface area contributed by atoms with Gasteiger partial charge in [-0.25, -0.2) is 0 Å². The number of carboxylic acids is 1. The zero-order valence-corrected chi connectivity index (χ0v) is 12.6. The van der Waals surface area contributed by atoms with Crippen molar-refractivity contribution >= 4 is 17.6 Å². The van der Waals surface area contributed by atoms with Gasteiger partial charge in [0.25, 0.3) is 0 Å². The number of para-hydroxylation sites is 2. The maximum atomic E-state index is 12.7. The van der Waals surface area contributed by atoms with Gasteiger partial charge in [-0.05, 0) is 37.3 Å². The molecule has 0 heterocycles. The van der Waals surface area contributed by atoms with Crippen molar-refractivity contribution in [3.05, 3.63) is 36.4 Å². The van der Waals surface area contributed by atoms with Crippen molar-refractivity contribution < 1.29 is 19.4 Å². The van der Waals surface area contributed by atoms with Gasteiger partial charge in [-0.3, -0.25) is 9.59 Å². The molecule has 1 amide bonds. The van der Waals surface area contributed by atoms with E-state index in [9.17, 15) is 14.7 Å². The molecule has 0 spiro atoms. The molecular weight excluding hydrogens is 282 g/mol. The average molecular weight is 301 g/mol. The first-order valence-corrected chi connectivity index (χ1v) is 7.34. The van der Waals surface area contributed by atoms with Gasteiger partial charge in [0, 0.05) is 0 Å². The van der Waals surface area contributed by atoms with Crippen LogP contribution in [0.1, 0.15) is 13.3 Å². The first-order valence-electron chi connectivity index (χ1n) is 7.34. The summed E-state index contributed by atoms with van der Waals surface area (Å²) in [6.07, 6.45) is 4.64. The molecule has 1 aromatic rings. The minimum absolute atomic E-state index is 0.0131. The predicted molar refractivity (Wildman–Crippen MR) is 81.6 cm³/mol. The predicted octanol–water partition coefficient (Wildman–Crippen LogP) is 2.55. The fourth-order valence-electron chi connectivity index (χ4n) is 3.81. The molecule has 4 atom stereocenters. The number of carbonyl (C=O) groups excluding carboxylic acids is 1. The van der Waals surface area contributed by atoms with Crippen LogP contribution in [-0.4, -0.2) is 24.1 Å². The number of hydrogen-bond acceptors (Lipinski definition) is 3. The Morgan fingerprint density at radius 1 is 1.32 bits per heavy atom. The van der Waals surface area contributed by atoms with Gasteiger partial charge in [-0.1, -0.05) is 24.3 Å². The van der Waals surface area contributed by atoms with Crippen molar-refractivity contribution in [1.29, 1.82) is 0 Å². The molecule has 5 heteroatoms. The van der Waals surface area contributed by atoms with E-state index in [1.54, 1.807) is 25.1 Å². The van der Waals surface area contributed by atoms with E-state index in [0.29, 0.717) is 11.4 Å². The number of fused-ring (bicyclic) bond motifs is 2. The molecule has 2 aliphatic rings. The van der Waals surface area contributed by atoms with Crippen molar-refractivity contribution in [2.75, 3.05) is 12.4 Å². The number of allylic oxidation sites excluding steroid dienone is 2. The standard InChI is InChI=1S/C17H19NO4/c1-17(16(20)21)11-8-7-10(9-11)14(17)15(19)18-12-5-3-4-6-13(12)22-2/h3-8,10-11,14H,9H2,1-2H3,(H,18,19)(H,20,21)/t10-,11-,14-,17+/m0/s1. The van der Waals surface area contributed by atoms with E-state index in [-0.39, 0.29) is 17.7 Å². The Bertz CT molecular complexity index is 654. The van der Waals surface area contributed by atoms with E-state index >= 15 is 0 Å². The third-order valence-electron chi connectivity index (χ3n) is 5.07. The SMILES string of the molecule is COc1ccccc1NC(=O)[C@@H]1[C@H]2C=C[C@@H](C2)[C@@]1(C)C(=O)O. The highest BCUT2D eigenvalue weighted by molar-refractivity contribution is 5.98. The van der Waals surface area contributed by atoms with Crippen LogP contribution in [0.3, 0.4) is 0 Å². The fourth-order valence-corrected chi connectivity index (χ4v) is 3.81. The average Bonchev–Trinajstić information content (AvgIpc) is 3.07. The molecule has 116 valence electrons. The van der Waals surface area contributed by atoms with Crippen LogP contribution in [0.2, 0.25) is 0 Å². The smallest absolute Gasteiger partial charge is 0.310 e. The van der Waals surface area contributed by atoms with Crippen LogP contribution in [0.4, 0.5) is 5.69 Å². The summed E-state index contributed by atoms with van der Waals surface area (Å²) >= 11 is 0. The summed E-state index contributed by atoms with van der Waals surface area (Å²) in [7, 11) is 1.53. The Kier molecular flexibility index (Phi) is 3.43. The molecule has 0 aromatic heterocycles. The monoisotopic (exact) mass is 301 g/mol. The number of amides is 1. The molecule has 0 aliphatic heterocycles. The number of nitrogens with one attached hydrogen (secondary N) is 1. The zero-order valence-electron chi connectivity index (χ0n) is 12.6. The maximum Gasteiger partial charge on any atom is 0.310 e. The lowest BCUT2D eigenvalue weighted by Gasteiger charge is -2.33. The summed E-state index contributed by atoms with van der Waals surface area (Å²) in [4.78, 5) is 24.5. The lowest BCUT2D eigenvalue weighted by atomic mass is 9.69. The van der Waals surface area contributed by atoms with E-state index in [4.69, 9.17) is 4.74 Å². The van der Waals surface area contributed by atoms with Crippen LogP contribution in [0, 0.1) is 23.2 Å². The summed E-state index contributed by atoms with van der Waals surface area (Å²) in [6, 6.07) is 7.12. The van der Waals surface area contributed by atoms with Gasteiger partial charge < -0.3 is 15.2 Å². The van der Waals surface area contributed by atoms with E-state index in [1.807, 2.05) is 18.2 Å². The zero-order chi connectivity index (χ0) is 15.9. The minimum Gasteiger partial charge on any atom is -0.495 e. The summed E-state index contributed by atoms with van der Waals surface area (Å²) in [5.74, 6) is -1.27. The molecule has 5 nitrogen and oxygen atoms in total. The van der Waals surface area contributed by atoms with Crippen LogP contribution in [-0.2, 0) is 9.59 Å². The molecule has 0 saturated heterocycles. The number of carboxylic acid groups (broad SMARTS) is 1. The lowest BCUT2D eigenvalue weighted by molar-refractivity contribution is -0.155. The van der Waals surface area contributed by atoms with Gasteiger partial charge in [0.2, 0.25) is 5.91 Å². The normalized spacial score (nSPS) is 32.0. The second-order valence-corrected chi connectivity index (χ2v) is 6.15. The number of methoxy groups -OCH3 is 1. The van der Waals surface area contributed by atoms with Crippen LogP contribution < -0.4 is 10.1 Å². The molecule has 1 aromatic carbocycles. The molecule has 2 aliphatic carbocycles. The van der Waals surface area contributed by atoms with Crippen LogP contribution >= 0.6 is 0 Å². The van der Waals surface area contributed by atoms with E-state index in [0.717, 1.165) is 6.42 Å². The van der Waals surface area contributed by atoms with Crippen molar-refractivity contribution in [1.82, 2.24) is 0 Å². The first kappa shape index (κ1) is 14.6. The molecular formula is C17H19NO4. The number of benzene rings is 1. The molecule has 3 rings (SSSR count). The number of aliphatic carboxylic acids is 1. The van der Waals surface area contributed by atoms with Gasteiger partial charge in [-0.15, -0.1) is 0 Å². The molecule has 2 N–H and O–H groups in total. The summed E-state index contributed by atoms with van der Waals surface area (Å²) in [5.41, 5.74) is -0.486. The Morgan fingerprint density at radius 2 is 2.05 bits per heavy atom. The molecule has 1 fully saturated rings. The number of anilines is 1. The Morgan fingerprint density at radius 3 is 2.73 bits per heavy atom.